The van der Waals surface area contributed by atoms with Crippen LogP contribution in [-0.4, -0.2) is 30.7 Å². The maximum Gasteiger partial charge on any atom is 0.416 e. The SMILES string of the molecule is CC(C)(C)OC(=O)NCCCNC(=O)C1(c2cccc(C(F)(F)F)c2)CC1. The van der Waals surface area contributed by atoms with Crippen molar-refractivity contribution in [2.45, 2.75) is 57.2 Å². The second-order valence-electron chi connectivity index (χ2n) is 7.70. The van der Waals surface area contributed by atoms with Crippen molar-refractivity contribution >= 4 is 12.0 Å². The van der Waals surface area contributed by atoms with E-state index in [9.17, 15) is 22.8 Å². The minimum atomic E-state index is -4.43. The molecule has 2 amide bonds. The van der Waals surface area contributed by atoms with Gasteiger partial charge in [-0.2, -0.15) is 13.2 Å². The monoisotopic (exact) mass is 386 g/mol. The highest BCUT2D eigenvalue weighted by atomic mass is 19.4. The molecule has 0 atom stereocenters. The van der Waals surface area contributed by atoms with Crippen LogP contribution >= 0.6 is 0 Å². The lowest BCUT2D eigenvalue weighted by atomic mass is 9.93. The standard InChI is InChI=1S/C19H25F3N2O3/c1-17(2,3)27-16(26)24-11-5-10-23-15(25)18(8-9-18)13-6-4-7-14(12-13)19(20,21)22/h4,6-7,12H,5,8-11H2,1-3H3,(H,23,25)(H,24,26). The van der Waals surface area contributed by atoms with E-state index in [1.165, 1.54) is 6.07 Å². The summed E-state index contributed by atoms with van der Waals surface area (Å²) < 4.78 is 43.8. The number of alkyl carbamates (subject to hydrolysis) is 1. The van der Waals surface area contributed by atoms with Gasteiger partial charge in [-0.1, -0.05) is 18.2 Å². The van der Waals surface area contributed by atoms with Gasteiger partial charge in [0, 0.05) is 13.1 Å². The molecule has 0 aliphatic heterocycles. The molecule has 0 bridgehead atoms. The van der Waals surface area contributed by atoms with Crippen LogP contribution in [0.2, 0.25) is 0 Å². The summed E-state index contributed by atoms with van der Waals surface area (Å²) in [5.74, 6) is -0.279. The van der Waals surface area contributed by atoms with Crippen LogP contribution in [-0.2, 0) is 21.1 Å². The van der Waals surface area contributed by atoms with Gasteiger partial charge in [0.25, 0.3) is 0 Å². The Morgan fingerprint density at radius 1 is 1.11 bits per heavy atom. The van der Waals surface area contributed by atoms with E-state index < -0.39 is 28.8 Å². The van der Waals surface area contributed by atoms with Crippen LogP contribution < -0.4 is 10.6 Å². The van der Waals surface area contributed by atoms with E-state index in [2.05, 4.69) is 10.6 Å². The fourth-order valence-electron chi connectivity index (χ4n) is 2.73. The zero-order valence-corrected chi connectivity index (χ0v) is 15.7. The fraction of sp³-hybridized carbons (Fsp3) is 0.579. The Balaban J connectivity index is 1.82. The third-order valence-corrected chi connectivity index (χ3v) is 4.23. The number of hydrogen-bond acceptors (Lipinski definition) is 3. The lowest BCUT2D eigenvalue weighted by Crippen LogP contribution is -2.37. The molecule has 1 saturated carbocycles. The highest BCUT2D eigenvalue weighted by molar-refractivity contribution is 5.91. The molecule has 0 unspecified atom stereocenters. The van der Waals surface area contributed by atoms with Crippen molar-refractivity contribution < 1.29 is 27.5 Å². The van der Waals surface area contributed by atoms with Gasteiger partial charge in [-0.3, -0.25) is 4.79 Å². The van der Waals surface area contributed by atoms with Gasteiger partial charge in [0.05, 0.1) is 11.0 Å². The van der Waals surface area contributed by atoms with Crippen LogP contribution in [0.3, 0.4) is 0 Å². The van der Waals surface area contributed by atoms with Crippen LogP contribution in [0, 0.1) is 0 Å². The molecule has 0 aromatic heterocycles. The number of benzene rings is 1. The number of nitrogens with one attached hydrogen (secondary N) is 2. The minimum absolute atomic E-state index is 0.279. The number of hydrogen-bond donors (Lipinski definition) is 2. The molecule has 0 heterocycles. The van der Waals surface area contributed by atoms with Gasteiger partial charge in [0.1, 0.15) is 5.60 Å². The van der Waals surface area contributed by atoms with Crippen LogP contribution in [0.5, 0.6) is 0 Å². The molecule has 0 radical (unpaired) electrons. The Labute approximate surface area is 156 Å². The van der Waals surface area contributed by atoms with Crippen LogP contribution in [0.15, 0.2) is 24.3 Å². The van der Waals surface area contributed by atoms with E-state index in [4.69, 9.17) is 4.74 Å². The van der Waals surface area contributed by atoms with Gasteiger partial charge in [-0.05, 0) is 51.7 Å². The number of halogens is 3. The zero-order chi connectivity index (χ0) is 20.3. The summed E-state index contributed by atoms with van der Waals surface area (Å²) >= 11 is 0. The largest absolute Gasteiger partial charge is 0.444 e. The number of alkyl halides is 3. The molecule has 27 heavy (non-hydrogen) atoms. The highest BCUT2D eigenvalue weighted by Gasteiger charge is 2.51. The maximum absolute atomic E-state index is 12.9. The van der Waals surface area contributed by atoms with Crippen LogP contribution in [0.4, 0.5) is 18.0 Å². The van der Waals surface area contributed by atoms with E-state index in [0.29, 0.717) is 37.9 Å². The lowest BCUT2D eigenvalue weighted by molar-refractivity contribution is -0.137. The normalized spacial score (nSPS) is 15.8. The number of amides is 2. The van der Waals surface area contributed by atoms with E-state index in [1.807, 2.05) is 0 Å². The summed E-state index contributed by atoms with van der Waals surface area (Å²) in [7, 11) is 0. The average molecular weight is 386 g/mol. The predicted molar refractivity (Wildman–Crippen MR) is 94.2 cm³/mol. The van der Waals surface area contributed by atoms with Crippen molar-refractivity contribution in [3.63, 3.8) is 0 Å². The maximum atomic E-state index is 12.9. The van der Waals surface area contributed by atoms with Gasteiger partial charge < -0.3 is 15.4 Å². The van der Waals surface area contributed by atoms with Crippen LogP contribution in [0.1, 0.15) is 51.2 Å². The molecule has 8 heteroatoms. The first kappa shape index (κ1) is 21.1. The third-order valence-electron chi connectivity index (χ3n) is 4.23. The number of ether oxygens (including phenoxy) is 1. The lowest BCUT2D eigenvalue weighted by Gasteiger charge is -2.20. The molecule has 1 aliphatic rings. The Morgan fingerprint density at radius 2 is 1.74 bits per heavy atom. The Bertz CT molecular complexity index is 692. The number of carbonyl (C=O) groups excluding carboxylic acids is 2. The van der Waals surface area contributed by atoms with Gasteiger partial charge in [-0.25, -0.2) is 4.79 Å². The molecular weight excluding hydrogens is 361 g/mol. The first-order valence-corrected chi connectivity index (χ1v) is 8.87. The quantitative estimate of drug-likeness (QED) is 0.732. The Hall–Kier alpha value is -2.25. The molecule has 0 spiro atoms. The molecule has 2 rings (SSSR count). The fourth-order valence-corrected chi connectivity index (χ4v) is 2.73. The molecular formula is C19H25F3N2O3. The first-order chi connectivity index (χ1) is 12.4. The van der Waals surface area contributed by atoms with Crippen molar-refractivity contribution in [2.75, 3.05) is 13.1 Å². The summed E-state index contributed by atoms with van der Waals surface area (Å²) in [5.41, 5.74) is -1.82. The van der Waals surface area contributed by atoms with Gasteiger partial charge in [-0.15, -0.1) is 0 Å². The van der Waals surface area contributed by atoms with Crippen molar-refractivity contribution in [1.29, 1.82) is 0 Å². The van der Waals surface area contributed by atoms with Gasteiger partial charge in [0.2, 0.25) is 5.91 Å². The smallest absolute Gasteiger partial charge is 0.416 e. The predicted octanol–water partition coefficient (Wildman–Crippen LogP) is 3.77. The zero-order valence-electron chi connectivity index (χ0n) is 15.7. The summed E-state index contributed by atoms with van der Waals surface area (Å²) in [6.45, 7) is 5.92. The summed E-state index contributed by atoms with van der Waals surface area (Å²) in [6, 6.07) is 4.94. The third kappa shape index (κ3) is 5.87. The Morgan fingerprint density at radius 3 is 2.30 bits per heavy atom. The average Bonchev–Trinajstić information content (AvgIpc) is 3.34. The minimum Gasteiger partial charge on any atom is -0.444 e. The van der Waals surface area contributed by atoms with Gasteiger partial charge in [0.15, 0.2) is 0 Å². The van der Waals surface area contributed by atoms with Crippen molar-refractivity contribution in [1.82, 2.24) is 10.6 Å². The van der Waals surface area contributed by atoms with Crippen molar-refractivity contribution in [2.24, 2.45) is 0 Å². The van der Waals surface area contributed by atoms with E-state index in [-0.39, 0.29) is 5.91 Å². The molecule has 1 aliphatic carbocycles. The molecule has 150 valence electrons. The first-order valence-electron chi connectivity index (χ1n) is 8.87. The van der Waals surface area contributed by atoms with E-state index in [1.54, 1.807) is 26.8 Å². The van der Waals surface area contributed by atoms with Crippen LogP contribution in [0.25, 0.3) is 0 Å². The second-order valence-corrected chi connectivity index (χ2v) is 7.70. The molecule has 2 N–H and O–H groups in total. The van der Waals surface area contributed by atoms with Crippen molar-refractivity contribution in [3.8, 4) is 0 Å². The Kier molecular flexibility index (Phi) is 6.07. The molecule has 5 nitrogen and oxygen atoms in total. The second kappa shape index (κ2) is 7.78. The van der Waals surface area contributed by atoms with E-state index in [0.717, 1.165) is 12.1 Å². The van der Waals surface area contributed by atoms with E-state index >= 15 is 0 Å². The molecule has 1 fully saturated rings. The topological polar surface area (TPSA) is 67.4 Å². The highest BCUT2D eigenvalue weighted by Crippen LogP contribution is 2.49. The van der Waals surface area contributed by atoms with Gasteiger partial charge >= 0.3 is 12.3 Å². The summed E-state index contributed by atoms with van der Waals surface area (Å²) in [6.07, 6.45) is -3.43. The van der Waals surface area contributed by atoms with Crippen molar-refractivity contribution in [3.05, 3.63) is 35.4 Å². The molecule has 0 saturated heterocycles. The molecule has 1 aromatic carbocycles. The number of carbonyl (C=O) groups is 2. The molecule has 1 aromatic rings. The summed E-state index contributed by atoms with van der Waals surface area (Å²) in [5, 5.41) is 5.34. The summed E-state index contributed by atoms with van der Waals surface area (Å²) in [4.78, 5) is 24.0. The number of rotatable bonds is 6.